The van der Waals surface area contributed by atoms with Gasteiger partial charge in [-0.2, -0.15) is 0 Å². The summed E-state index contributed by atoms with van der Waals surface area (Å²) >= 11 is 0. The predicted octanol–water partition coefficient (Wildman–Crippen LogP) is 1.82. The van der Waals surface area contributed by atoms with E-state index in [2.05, 4.69) is 21.9 Å². The summed E-state index contributed by atoms with van der Waals surface area (Å²) in [5.41, 5.74) is 7.89. The van der Waals surface area contributed by atoms with Gasteiger partial charge >= 0.3 is 0 Å². The Balaban J connectivity index is 2.23. The first kappa shape index (κ1) is 11.7. The molecule has 88 valence electrons. The predicted molar refractivity (Wildman–Crippen MR) is 67.2 cm³/mol. The van der Waals surface area contributed by atoms with Crippen molar-refractivity contribution >= 4 is 0 Å². The molecule has 2 aromatic rings. The second-order valence-electron chi connectivity index (χ2n) is 3.98. The number of hydrogen-bond acceptors (Lipinski definition) is 4. The Morgan fingerprint density at radius 1 is 1.18 bits per heavy atom. The second kappa shape index (κ2) is 5.50. The van der Waals surface area contributed by atoms with Crippen LogP contribution in [-0.2, 0) is 6.42 Å². The molecule has 0 bridgehead atoms. The molecule has 17 heavy (non-hydrogen) atoms. The molecule has 2 rings (SSSR count). The fourth-order valence-corrected chi connectivity index (χ4v) is 1.56. The molecule has 0 amide bonds. The molecule has 0 saturated carbocycles. The maximum absolute atomic E-state index is 5.92. The first-order chi connectivity index (χ1) is 8.29. The molecule has 4 heteroatoms. The SMILES string of the molecule is CCC(N)Cc1ccnc(-c2ccncc2)n1. The van der Waals surface area contributed by atoms with Gasteiger partial charge in [0.25, 0.3) is 0 Å². The summed E-state index contributed by atoms with van der Waals surface area (Å²) in [7, 11) is 0. The first-order valence-electron chi connectivity index (χ1n) is 5.77. The van der Waals surface area contributed by atoms with E-state index in [0.717, 1.165) is 29.9 Å². The van der Waals surface area contributed by atoms with Crippen molar-refractivity contribution < 1.29 is 0 Å². The Labute approximate surface area is 101 Å². The third-order valence-corrected chi connectivity index (χ3v) is 2.65. The molecule has 0 saturated heterocycles. The minimum atomic E-state index is 0.162. The van der Waals surface area contributed by atoms with E-state index in [1.807, 2.05) is 18.2 Å². The lowest BCUT2D eigenvalue weighted by molar-refractivity contribution is 0.636. The molecule has 0 aliphatic rings. The van der Waals surface area contributed by atoms with Gasteiger partial charge in [0.05, 0.1) is 0 Å². The van der Waals surface area contributed by atoms with Crippen molar-refractivity contribution in [1.29, 1.82) is 0 Å². The molecule has 0 aromatic carbocycles. The van der Waals surface area contributed by atoms with Gasteiger partial charge in [0.1, 0.15) is 0 Å². The van der Waals surface area contributed by atoms with Gasteiger partial charge in [-0.25, -0.2) is 9.97 Å². The van der Waals surface area contributed by atoms with Crippen molar-refractivity contribution in [3.63, 3.8) is 0 Å². The van der Waals surface area contributed by atoms with Crippen LogP contribution in [0.2, 0.25) is 0 Å². The number of rotatable bonds is 4. The van der Waals surface area contributed by atoms with Gasteiger partial charge in [-0.05, 0) is 24.6 Å². The van der Waals surface area contributed by atoms with Crippen LogP contribution in [0.5, 0.6) is 0 Å². The molecule has 0 fully saturated rings. The summed E-state index contributed by atoms with van der Waals surface area (Å²) in [6, 6.07) is 5.88. The van der Waals surface area contributed by atoms with Crippen molar-refractivity contribution in [3.05, 3.63) is 42.5 Å². The van der Waals surface area contributed by atoms with Gasteiger partial charge in [0, 0.05) is 42.3 Å². The molecule has 4 nitrogen and oxygen atoms in total. The minimum absolute atomic E-state index is 0.162. The van der Waals surface area contributed by atoms with Gasteiger partial charge in [0.15, 0.2) is 5.82 Å². The van der Waals surface area contributed by atoms with Crippen molar-refractivity contribution in [2.75, 3.05) is 0 Å². The highest BCUT2D eigenvalue weighted by molar-refractivity contribution is 5.53. The number of nitrogens with two attached hydrogens (primary N) is 1. The zero-order chi connectivity index (χ0) is 12.1. The lowest BCUT2D eigenvalue weighted by Gasteiger charge is -2.08. The van der Waals surface area contributed by atoms with Crippen LogP contribution in [0.15, 0.2) is 36.8 Å². The van der Waals surface area contributed by atoms with Crippen molar-refractivity contribution in [3.8, 4) is 11.4 Å². The summed E-state index contributed by atoms with van der Waals surface area (Å²) in [6.45, 7) is 2.08. The van der Waals surface area contributed by atoms with Crippen LogP contribution < -0.4 is 5.73 Å². The minimum Gasteiger partial charge on any atom is -0.327 e. The fourth-order valence-electron chi connectivity index (χ4n) is 1.56. The molecule has 0 aliphatic carbocycles. The number of pyridine rings is 1. The number of hydrogen-bond donors (Lipinski definition) is 1. The monoisotopic (exact) mass is 228 g/mol. The molecule has 1 unspecified atom stereocenters. The van der Waals surface area contributed by atoms with E-state index in [-0.39, 0.29) is 6.04 Å². The van der Waals surface area contributed by atoms with Crippen LogP contribution in [0, 0.1) is 0 Å². The van der Waals surface area contributed by atoms with E-state index in [1.165, 1.54) is 0 Å². The Kier molecular flexibility index (Phi) is 3.77. The maximum atomic E-state index is 5.92. The largest absolute Gasteiger partial charge is 0.327 e. The Morgan fingerprint density at radius 3 is 2.65 bits per heavy atom. The average Bonchev–Trinajstić information content (AvgIpc) is 2.40. The third-order valence-electron chi connectivity index (χ3n) is 2.65. The summed E-state index contributed by atoms with van der Waals surface area (Å²) in [6.07, 6.45) is 7.00. The van der Waals surface area contributed by atoms with E-state index < -0.39 is 0 Å². The summed E-state index contributed by atoms with van der Waals surface area (Å²) in [4.78, 5) is 12.8. The van der Waals surface area contributed by atoms with Crippen LogP contribution in [0.1, 0.15) is 19.0 Å². The highest BCUT2D eigenvalue weighted by Crippen LogP contribution is 2.13. The maximum Gasteiger partial charge on any atom is 0.159 e. The topological polar surface area (TPSA) is 64.7 Å². The van der Waals surface area contributed by atoms with Gasteiger partial charge < -0.3 is 5.73 Å². The molecular formula is C13H16N4. The zero-order valence-electron chi connectivity index (χ0n) is 9.87. The molecule has 2 heterocycles. The van der Waals surface area contributed by atoms with Crippen LogP contribution in [0.25, 0.3) is 11.4 Å². The van der Waals surface area contributed by atoms with Gasteiger partial charge in [-0.1, -0.05) is 6.92 Å². The van der Waals surface area contributed by atoms with E-state index in [1.54, 1.807) is 18.6 Å². The number of nitrogens with zero attached hydrogens (tertiary/aromatic N) is 3. The number of aromatic nitrogens is 3. The normalized spacial score (nSPS) is 12.4. The molecule has 2 N–H and O–H groups in total. The molecule has 0 radical (unpaired) electrons. The molecule has 1 atom stereocenters. The smallest absolute Gasteiger partial charge is 0.159 e. The van der Waals surface area contributed by atoms with E-state index in [4.69, 9.17) is 5.73 Å². The quantitative estimate of drug-likeness (QED) is 0.866. The second-order valence-corrected chi connectivity index (χ2v) is 3.98. The van der Waals surface area contributed by atoms with Gasteiger partial charge in [-0.15, -0.1) is 0 Å². The lowest BCUT2D eigenvalue weighted by atomic mass is 10.1. The van der Waals surface area contributed by atoms with Crippen LogP contribution in [0.3, 0.4) is 0 Å². The van der Waals surface area contributed by atoms with E-state index in [9.17, 15) is 0 Å². The van der Waals surface area contributed by atoms with Crippen molar-refractivity contribution in [2.24, 2.45) is 5.73 Å². The Bertz CT molecular complexity index is 470. The fraction of sp³-hybridized carbons (Fsp3) is 0.308. The first-order valence-corrected chi connectivity index (χ1v) is 5.77. The van der Waals surface area contributed by atoms with Crippen LogP contribution in [0.4, 0.5) is 0 Å². The van der Waals surface area contributed by atoms with Gasteiger partial charge in [0.2, 0.25) is 0 Å². The van der Waals surface area contributed by atoms with E-state index >= 15 is 0 Å². The van der Waals surface area contributed by atoms with Gasteiger partial charge in [-0.3, -0.25) is 4.98 Å². The van der Waals surface area contributed by atoms with Crippen LogP contribution >= 0.6 is 0 Å². The highest BCUT2D eigenvalue weighted by atomic mass is 14.9. The molecular weight excluding hydrogens is 212 g/mol. The van der Waals surface area contributed by atoms with E-state index in [0.29, 0.717) is 0 Å². The summed E-state index contributed by atoms with van der Waals surface area (Å²) in [5, 5.41) is 0. The molecule has 2 aromatic heterocycles. The third kappa shape index (κ3) is 3.07. The highest BCUT2D eigenvalue weighted by Gasteiger charge is 2.05. The van der Waals surface area contributed by atoms with Crippen molar-refractivity contribution in [2.45, 2.75) is 25.8 Å². The average molecular weight is 228 g/mol. The molecule has 0 spiro atoms. The Morgan fingerprint density at radius 2 is 1.94 bits per heavy atom. The van der Waals surface area contributed by atoms with Crippen molar-refractivity contribution in [1.82, 2.24) is 15.0 Å². The standard InChI is InChI=1S/C13H16N4/c1-2-11(14)9-12-5-8-16-13(17-12)10-3-6-15-7-4-10/h3-8,11H,2,9,14H2,1H3. The zero-order valence-corrected chi connectivity index (χ0v) is 9.87. The Hall–Kier alpha value is -1.81. The summed E-state index contributed by atoms with van der Waals surface area (Å²) in [5.74, 6) is 0.730. The molecule has 0 aliphatic heterocycles. The lowest BCUT2D eigenvalue weighted by Crippen LogP contribution is -2.22. The summed E-state index contributed by atoms with van der Waals surface area (Å²) < 4.78 is 0. The van der Waals surface area contributed by atoms with Crippen LogP contribution in [-0.4, -0.2) is 21.0 Å².